The van der Waals surface area contributed by atoms with Crippen LogP contribution in [-0.2, 0) is 6.54 Å². The zero-order valence-electron chi connectivity index (χ0n) is 12.5. The van der Waals surface area contributed by atoms with Gasteiger partial charge in [0, 0.05) is 13.1 Å². The zero-order chi connectivity index (χ0) is 14.6. The maximum Gasteiger partial charge on any atom is 0.129 e. The van der Waals surface area contributed by atoms with E-state index >= 15 is 0 Å². The van der Waals surface area contributed by atoms with Gasteiger partial charge < -0.3 is 15.4 Å². The van der Waals surface area contributed by atoms with Gasteiger partial charge in [-0.25, -0.2) is 0 Å². The molecular weight excluding hydrogens is 256 g/mol. The van der Waals surface area contributed by atoms with E-state index < -0.39 is 0 Å². The molecule has 0 atom stereocenters. The number of methoxy groups -OCH3 is 1. The summed E-state index contributed by atoms with van der Waals surface area (Å²) in [5.41, 5.74) is 7.94. The molecule has 1 aromatic rings. The number of rotatable bonds is 5. The summed E-state index contributed by atoms with van der Waals surface area (Å²) in [6.45, 7) is 8.62. The third-order valence-corrected chi connectivity index (χ3v) is 2.95. The standard InChI is InChI=1S/C15H24N2OS/c1-15(2,3)10-17(4)9-11-6-7-12(14(16)19)13(8-11)18-5/h6-8H,9-10H2,1-5H3,(H2,16,19). The third kappa shape index (κ3) is 5.17. The smallest absolute Gasteiger partial charge is 0.129 e. The van der Waals surface area contributed by atoms with Crippen molar-refractivity contribution in [3.05, 3.63) is 29.3 Å². The van der Waals surface area contributed by atoms with Gasteiger partial charge in [-0.3, -0.25) is 0 Å². The summed E-state index contributed by atoms with van der Waals surface area (Å²) in [6, 6.07) is 5.99. The minimum Gasteiger partial charge on any atom is -0.496 e. The Morgan fingerprint density at radius 2 is 2.00 bits per heavy atom. The lowest BCUT2D eigenvalue weighted by molar-refractivity contribution is 0.220. The Bertz CT molecular complexity index is 452. The average Bonchev–Trinajstić information content (AvgIpc) is 2.25. The molecular formula is C15H24N2OS. The van der Waals surface area contributed by atoms with Crippen LogP contribution in [0.25, 0.3) is 0 Å². The van der Waals surface area contributed by atoms with Gasteiger partial charge in [0.25, 0.3) is 0 Å². The molecule has 0 aliphatic heterocycles. The Balaban J connectivity index is 2.83. The van der Waals surface area contributed by atoms with Gasteiger partial charge in [0.05, 0.1) is 12.7 Å². The minimum absolute atomic E-state index is 0.289. The van der Waals surface area contributed by atoms with Gasteiger partial charge in [-0.2, -0.15) is 0 Å². The lowest BCUT2D eigenvalue weighted by Crippen LogP contribution is -2.28. The monoisotopic (exact) mass is 280 g/mol. The van der Waals surface area contributed by atoms with E-state index in [1.165, 1.54) is 5.56 Å². The minimum atomic E-state index is 0.289. The SMILES string of the molecule is COc1cc(CN(C)CC(C)(C)C)ccc1C(N)=S. The summed E-state index contributed by atoms with van der Waals surface area (Å²) in [6.07, 6.45) is 0. The first-order chi connectivity index (χ1) is 8.73. The molecule has 0 amide bonds. The molecule has 1 rings (SSSR count). The largest absolute Gasteiger partial charge is 0.496 e. The first-order valence-corrected chi connectivity index (χ1v) is 6.79. The van der Waals surface area contributed by atoms with Gasteiger partial charge in [0.1, 0.15) is 10.7 Å². The maximum atomic E-state index is 5.67. The third-order valence-electron chi connectivity index (χ3n) is 2.73. The predicted octanol–water partition coefficient (Wildman–Crippen LogP) is 2.81. The number of thiocarbonyl (C=S) groups is 1. The van der Waals surface area contributed by atoms with E-state index in [4.69, 9.17) is 22.7 Å². The van der Waals surface area contributed by atoms with Crippen LogP contribution in [0.2, 0.25) is 0 Å². The Labute approximate surface area is 121 Å². The van der Waals surface area contributed by atoms with E-state index in [-0.39, 0.29) is 5.41 Å². The Kier molecular flexibility index (Phi) is 5.32. The van der Waals surface area contributed by atoms with Crippen LogP contribution < -0.4 is 10.5 Å². The van der Waals surface area contributed by atoms with Crippen molar-refractivity contribution in [1.29, 1.82) is 0 Å². The molecule has 0 saturated heterocycles. The fourth-order valence-corrected chi connectivity index (χ4v) is 2.38. The molecule has 3 nitrogen and oxygen atoms in total. The highest BCUT2D eigenvalue weighted by atomic mass is 32.1. The highest BCUT2D eigenvalue weighted by Crippen LogP contribution is 2.22. The molecule has 0 heterocycles. The highest BCUT2D eigenvalue weighted by molar-refractivity contribution is 7.80. The molecule has 2 N–H and O–H groups in total. The molecule has 0 aliphatic rings. The normalized spacial score (nSPS) is 11.7. The quantitative estimate of drug-likeness (QED) is 0.842. The molecule has 0 aliphatic carbocycles. The van der Waals surface area contributed by atoms with Crippen molar-refractivity contribution in [3.8, 4) is 5.75 Å². The van der Waals surface area contributed by atoms with E-state index in [1.54, 1.807) is 7.11 Å². The van der Waals surface area contributed by atoms with Crippen LogP contribution in [0.3, 0.4) is 0 Å². The molecule has 0 fully saturated rings. The molecule has 19 heavy (non-hydrogen) atoms. The van der Waals surface area contributed by atoms with Crippen LogP contribution in [0.5, 0.6) is 5.75 Å². The first kappa shape index (κ1) is 15.9. The molecule has 1 aromatic carbocycles. The summed E-state index contributed by atoms with van der Waals surface area (Å²) in [5.74, 6) is 0.745. The van der Waals surface area contributed by atoms with E-state index in [0.29, 0.717) is 4.99 Å². The number of nitrogens with two attached hydrogens (primary N) is 1. The van der Waals surface area contributed by atoms with E-state index in [2.05, 4.69) is 38.8 Å². The molecule has 0 radical (unpaired) electrons. The Hall–Kier alpha value is -1.13. The van der Waals surface area contributed by atoms with Gasteiger partial charge in [-0.05, 0) is 30.2 Å². The van der Waals surface area contributed by atoms with Crippen LogP contribution in [0.15, 0.2) is 18.2 Å². The Morgan fingerprint density at radius 1 is 1.37 bits per heavy atom. The molecule has 0 aromatic heterocycles. The second-order valence-corrected chi connectivity index (χ2v) is 6.57. The van der Waals surface area contributed by atoms with Crippen LogP contribution >= 0.6 is 12.2 Å². The maximum absolute atomic E-state index is 5.67. The van der Waals surface area contributed by atoms with Crippen molar-refractivity contribution in [2.45, 2.75) is 27.3 Å². The molecule has 0 saturated carbocycles. The molecule has 106 valence electrons. The van der Waals surface area contributed by atoms with E-state index in [0.717, 1.165) is 24.4 Å². The summed E-state index contributed by atoms with van der Waals surface area (Å²) in [5, 5.41) is 0. The number of hydrogen-bond acceptors (Lipinski definition) is 3. The second-order valence-electron chi connectivity index (χ2n) is 6.13. The van der Waals surface area contributed by atoms with Gasteiger partial charge in [0.15, 0.2) is 0 Å². The van der Waals surface area contributed by atoms with Gasteiger partial charge in [0.2, 0.25) is 0 Å². The van der Waals surface area contributed by atoms with Crippen molar-refractivity contribution in [2.75, 3.05) is 20.7 Å². The van der Waals surface area contributed by atoms with Crippen molar-refractivity contribution >= 4 is 17.2 Å². The first-order valence-electron chi connectivity index (χ1n) is 6.38. The average molecular weight is 280 g/mol. The molecule has 0 spiro atoms. The molecule has 4 heteroatoms. The van der Waals surface area contributed by atoms with Crippen molar-refractivity contribution in [1.82, 2.24) is 4.90 Å². The number of hydrogen-bond donors (Lipinski definition) is 1. The van der Waals surface area contributed by atoms with Gasteiger partial charge >= 0.3 is 0 Å². The highest BCUT2D eigenvalue weighted by Gasteiger charge is 2.14. The van der Waals surface area contributed by atoms with Crippen LogP contribution in [0.1, 0.15) is 31.9 Å². The fourth-order valence-electron chi connectivity index (χ4n) is 2.21. The van der Waals surface area contributed by atoms with Crippen molar-refractivity contribution < 1.29 is 4.74 Å². The summed E-state index contributed by atoms with van der Waals surface area (Å²) in [7, 11) is 3.76. The molecule has 0 unspecified atom stereocenters. The van der Waals surface area contributed by atoms with Crippen molar-refractivity contribution in [3.63, 3.8) is 0 Å². The van der Waals surface area contributed by atoms with E-state index in [1.807, 2.05) is 12.1 Å². The summed E-state index contributed by atoms with van der Waals surface area (Å²) < 4.78 is 5.34. The van der Waals surface area contributed by atoms with Crippen LogP contribution in [0.4, 0.5) is 0 Å². The molecule has 0 bridgehead atoms. The van der Waals surface area contributed by atoms with Gasteiger partial charge in [-0.15, -0.1) is 0 Å². The topological polar surface area (TPSA) is 38.5 Å². The lowest BCUT2D eigenvalue weighted by Gasteiger charge is -2.26. The Morgan fingerprint density at radius 3 is 2.47 bits per heavy atom. The summed E-state index contributed by atoms with van der Waals surface area (Å²) in [4.78, 5) is 2.67. The number of benzene rings is 1. The summed E-state index contributed by atoms with van der Waals surface area (Å²) >= 11 is 5.01. The van der Waals surface area contributed by atoms with Crippen LogP contribution in [0, 0.1) is 5.41 Å². The van der Waals surface area contributed by atoms with E-state index in [9.17, 15) is 0 Å². The fraction of sp³-hybridized carbons (Fsp3) is 0.533. The van der Waals surface area contributed by atoms with Crippen LogP contribution in [-0.4, -0.2) is 30.6 Å². The van der Waals surface area contributed by atoms with Crippen molar-refractivity contribution in [2.24, 2.45) is 11.1 Å². The zero-order valence-corrected chi connectivity index (χ0v) is 13.3. The number of ether oxygens (including phenoxy) is 1. The number of nitrogens with zero attached hydrogens (tertiary/aromatic N) is 1. The van der Waals surface area contributed by atoms with Gasteiger partial charge in [-0.1, -0.05) is 39.1 Å². The second kappa shape index (κ2) is 6.35. The predicted molar refractivity (Wildman–Crippen MR) is 84.7 cm³/mol. The lowest BCUT2D eigenvalue weighted by atomic mass is 9.96.